The summed E-state index contributed by atoms with van der Waals surface area (Å²) in [6.07, 6.45) is 4.89. The molecule has 0 aliphatic heterocycles. The molecule has 0 radical (unpaired) electrons. The highest BCUT2D eigenvalue weighted by Crippen LogP contribution is 2.37. The van der Waals surface area contributed by atoms with Crippen LogP contribution in [0.15, 0.2) is 18.3 Å². The SMILES string of the molecule is O=C(O)C1(C(=O)NCc2ncccc2Cl)CCCCC1. The first kappa shape index (κ1) is 14.8. The van der Waals surface area contributed by atoms with E-state index in [1.165, 1.54) is 0 Å². The topological polar surface area (TPSA) is 79.3 Å². The number of carbonyl (C=O) groups is 2. The van der Waals surface area contributed by atoms with Crippen LogP contribution in [0.5, 0.6) is 0 Å². The number of halogens is 1. The monoisotopic (exact) mass is 296 g/mol. The maximum absolute atomic E-state index is 12.3. The highest BCUT2D eigenvalue weighted by Gasteiger charge is 2.46. The van der Waals surface area contributed by atoms with Crippen molar-refractivity contribution in [2.45, 2.75) is 38.6 Å². The third kappa shape index (κ3) is 2.93. The molecule has 1 aliphatic rings. The van der Waals surface area contributed by atoms with E-state index in [9.17, 15) is 14.7 Å². The quantitative estimate of drug-likeness (QED) is 0.836. The molecule has 0 atom stereocenters. The van der Waals surface area contributed by atoms with Crippen molar-refractivity contribution in [2.75, 3.05) is 0 Å². The summed E-state index contributed by atoms with van der Waals surface area (Å²) in [4.78, 5) is 27.8. The van der Waals surface area contributed by atoms with Crippen LogP contribution >= 0.6 is 11.6 Å². The Balaban J connectivity index is 2.06. The number of aromatic nitrogens is 1. The van der Waals surface area contributed by atoms with Crippen molar-refractivity contribution in [2.24, 2.45) is 5.41 Å². The van der Waals surface area contributed by atoms with Gasteiger partial charge in [-0.3, -0.25) is 14.6 Å². The van der Waals surface area contributed by atoms with Crippen molar-refractivity contribution >= 4 is 23.5 Å². The van der Waals surface area contributed by atoms with Gasteiger partial charge in [-0.25, -0.2) is 0 Å². The van der Waals surface area contributed by atoms with Crippen LogP contribution in [-0.4, -0.2) is 22.0 Å². The Morgan fingerprint density at radius 3 is 2.65 bits per heavy atom. The fourth-order valence-corrected chi connectivity index (χ4v) is 2.76. The van der Waals surface area contributed by atoms with Crippen molar-refractivity contribution in [1.82, 2.24) is 10.3 Å². The Kier molecular flexibility index (Phi) is 4.60. The summed E-state index contributed by atoms with van der Waals surface area (Å²) in [5.74, 6) is -1.48. The van der Waals surface area contributed by atoms with Crippen LogP contribution < -0.4 is 5.32 Å². The van der Waals surface area contributed by atoms with Gasteiger partial charge in [0.1, 0.15) is 5.41 Å². The number of carboxylic acid groups (broad SMARTS) is 1. The number of pyridine rings is 1. The summed E-state index contributed by atoms with van der Waals surface area (Å²) < 4.78 is 0. The number of amides is 1. The Hall–Kier alpha value is -1.62. The number of aliphatic carboxylic acids is 1. The van der Waals surface area contributed by atoms with Gasteiger partial charge in [0.2, 0.25) is 5.91 Å². The predicted octanol–water partition coefficient (Wildman–Crippen LogP) is 2.39. The molecule has 0 unspecified atom stereocenters. The van der Waals surface area contributed by atoms with E-state index in [2.05, 4.69) is 10.3 Å². The van der Waals surface area contributed by atoms with E-state index in [1.807, 2.05) is 0 Å². The van der Waals surface area contributed by atoms with Gasteiger partial charge in [0.25, 0.3) is 0 Å². The molecule has 0 saturated heterocycles. The van der Waals surface area contributed by atoms with Gasteiger partial charge < -0.3 is 10.4 Å². The van der Waals surface area contributed by atoms with Crippen LogP contribution in [-0.2, 0) is 16.1 Å². The molecule has 0 bridgehead atoms. The van der Waals surface area contributed by atoms with Crippen LogP contribution in [0.4, 0.5) is 0 Å². The highest BCUT2D eigenvalue weighted by molar-refractivity contribution is 6.31. The van der Waals surface area contributed by atoms with Crippen LogP contribution in [0.3, 0.4) is 0 Å². The summed E-state index contributed by atoms with van der Waals surface area (Å²) in [5.41, 5.74) is -0.752. The lowest BCUT2D eigenvalue weighted by Gasteiger charge is -2.31. The fraction of sp³-hybridized carbons (Fsp3) is 0.500. The second-order valence-corrected chi connectivity index (χ2v) is 5.47. The van der Waals surface area contributed by atoms with Gasteiger partial charge in [-0.05, 0) is 25.0 Å². The van der Waals surface area contributed by atoms with Crippen molar-refractivity contribution < 1.29 is 14.7 Å². The summed E-state index contributed by atoms with van der Waals surface area (Å²) in [5, 5.41) is 12.5. The summed E-state index contributed by atoms with van der Waals surface area (Å²) >= 11 is 5.96. The summed E-state index contributed by atoms with van der Waals surface area (Å²) in [6, 6.07) is 3.39. The molecule has 1 aliphatic carbocycles. The first-order chi connectivity index (χ1) is 9.56. The standard InChI is InChI=1S/C14H17ClN2O3/c15-10-5-4-8-16-11(10)9-17-12(18)14(13(19)20)6-2-1-3-7-14/h4-5,8H,1-3,6-7,9H2,(H,17,18)(H,19,20). The number of hydrogen-bond donors (Lipinski definition) is 2. The van der Waals surface area contributed by atoms with E-state index < -0.39 is 17.3 Å². The zero-order chi connectivity index (χ0) is 14.6. The van der Waals surface area contributed by atoms with Crippen molar-refractivity contribution in [1.29, 1.82) is 0 Å². The molecule has 2 rings (SSSR count). The molecule has 1 aromatic heterocycles. The molecular formula is C14H17ClN2O3. The van der Waals surface area contributed by atoms with Crippen LogP contribution in [0.25, 0.3) is 0 Å². The van der Waals surface area contributed by atoms with Gasteiger partial charge in [-0.1, -0.05) is 30.9 Å². The smallest absolute Gasteiger partial charge is 0.319 e. The predicted molar refractivity (Wildman–Crippen MR) is 74.2 cm³/mol. The molecule has 1 saturated carbocycles. The van der Waals surface area contributed by atoms with E-state index >= 15 is 0 Å². The van der Waals surface area contributed by atoms with Crippen molar-refractivity contribution in [3.8, 4) is 0 Å². The van der Waals surface area contributed by atoms with Crippen LogP contribution in [0.2, 0.25) is 5.02 Å². The lowest BCUT2D eigenvalue weighted by molar-refractivity contribution is -0.158. The Bertz CT molecular complexity index is 513. The molecule has 1 fully saturated rings. The number of carbonyl (C=O) groups excluding carboxylic acids is 1. The minimum absolute atomic E-state index is 0.146. The molecule has 6 heteroatoms. The second-order valence-electron chi connectivity index (χ2n) is 5.06. The van der Waals surface area contributed by atoms with Crippen LogP contribution in [0, 0.1) is 5.41 Å². The van der Waals surface area contributed by atoms with Gasteiger partial charge in [0.15, 0.2) is 0 Å². The number of carboxylic acids is 1. The van der Waals surface area contributed by atoms with E-state index in [1.54, 1.807) is 18.3 Å². The van der Waals surface area contributed by atoms with Gasteiger partial charge in [-0.15, -0.1) is 0 Å². The third-order valence-corrected chi connectivity index (χ3v) is 4.15. The van der Waals surface area contributed by atoms with E-state index in [-0.39, 0.29) is 6.54 Å². The van der Waals surface area contributed by atoms with Crippen molar-refractivity contribution in [3.05, 3.63) is 29.0 Å². The summed E-state index contributed by atoms with van der Waals surface area (Å²) in [7, 11) is 0. The first-order valence-electron chi connectivity index (χ1n) is 6.67. The normalized spacial score (nSPS) is 17.4. The van der Waals surface area contributed by atoms with E-state index in [0.29, 0.717) is 23.6 Å². The molecule has 5 nitrogen and oxygen atoms in total. The Morgan fingerprint density at radius 2 is 2.05 bits per heavy atom. The summed E-state index contributed by atoms with van der Waals surface area (Å²) in [6.45, 7) is 0.146. The fourth-order valence-electron chi connectivity index (χ4n) is 2.58. The maximum atomic E-state index is 12.3. The lowest BCUT2D eigenvalue weighted by Crippen LogP contribution is -2.47. The van der Waals surface area contributed by atoms with E-state index in [4.69, 9.17) is 11.6 Å². The number of nitrogens with one attached hydrogen (secondary N) is 1. The van der Waals surface area contributed by atoms with Crippen molar-refractivity contribution in [3.63, 3.8) is 0 Å². The molecule has 2 N–H and O–H groups in total. The maximum Gasteiger partial charge on any atom is 0.319 e. The minimum Gasteiger partial charge on any atom is -0.480 e. The zero-order valence-corrected chi connectivity index (χ0v) is 11.8. The minimum atomic E-state index is -1.29. The van der Waals surface area contributed by atoms with Gasteiger partial charge >= 0.3 is 5.97 Å². The molecule has 0 spiro atoms. The third-order valence-electron chi connectivity index (χ3n) is 3.80. The molecular weight excluding hydrogens is 280 g/mol. The number of hydrogen-bond acceptors (Lipinski definition) is 3. The largest absolute Gasteiger partial charge is 0.480 e. The average Bonchev–Trinajstić information content (AvgIpc) is 2.46. The zero-order valence-electron chi connectivity index (χ0n) is 11.1. The van der Waals surface area contributed by atoms with Gasteiger partial charge in [0, 0.05) is 6.20 Å². The molecule has 0 aromatic carbocycles. The van der Waals surface area contributed by atoms with E-state index in [0.717, 1.165) is 19.3 Å². The second kappa shape index (κ2) is 6.22. The van der Waals surface area contributed by atoms with Crippen LogP contribution in [0.1, 0.15) is 37.8 Å². The molecule has 108 valence electrons. The molecule has 1 aromatic rings. The molecule has 20 heavy (non-hydrogen) atoms. The highest BCUT2D eigenvalue weighted by atomic mass is 35.5. The Labute approximate surface area is 122 Å². The lowest BCUT2D eigenvalue weighted by atomic mass is 9.73. The first-order valence-corrected chi connectivity index (χ1v) is 7.05. The number of rotatable bonds is 4. The molecule has 1 heterocycles. The van der Waals surface area contributed by atoms with Gasteiger partial charge in [-0.2, -0.15) is 0 Å². The average molecular weight is 297 g/mol. The van der Waals surface area contributed by atoms with Gasteiger partial charge in [0.05, 0.1) is 17.3 Å². The number of nitrogens with zero attached hydrogens (tertiary/aromatic N) is 1. The Morgan fingerprint density at radius 1 is 1.35 bits per heavy atom. The molecule has 1 amide bonds.